The molecule has 2 aromatic heterocycles. The van der Waals surface area contributed by atoms with Crippen LogP contribution in [0.5, 0.6) is 5.75 Å². The first kappa shape index (κ1) is 20.4. The summed E-state index contributed by atoms with van der Waals surface area (Å²) in [4.78, 5) is 26.5. The molecule has 2 amide bonds. The smallest absolute Gasteiger partial charge is 0.276 e. The van der Waals surface area contributed by atoms with Crippen molar-refractivity contribution in [2.24, 2.45) is 0 Å². The molecule has 0 saturated heterocycles. The van der Waals surface area contributed by atoms with Crippen molar-refractivity contribution in [2.75, 3.05) is 19.4 Å². The lowest BCUT2D eigenvalue weighted by Gasteiger charge is -2.13. The molecule has 0 radical (unpaired) electrons. The first-order valence-corrected chi connectivity index (χ1v) is 9.27. The average molecular weight is 417 g/mol. The van der Waals surface area contributed by atoms with Crippen LogP contribution in [0.2, 0.25) is 5.02 Å². The number of rotatable bonds is 7. The number of halogens is 1. The molecule has 3 rings (SSSR count). The molecule has 0 aliphatic heterocycles. The van der Waals surface area contributed by atoms with Gasteiger partial charge in [0.25, 0.3) is 11.8 Å². The van der Waals surface area contributed by atoms with Crippen LogP contribution in [0.25, 0.3) is 0 Å². The standard InChI is InChI=1S/C19H21ClN6O3/c1-4-26-17(19(28)24(2)3)16(11-21-26)22-18(27)15-8-9-25(23-15)12-29-14-7-5-6-13(20)10-14/h5-11H,4,12H2,1-3H3,(H,22,27). The van der Waals surface area contributed by atoms with Crippen molar-refractivity contribution in [1.29, 1.82) is 0 Å². The van der Waals surface area contributed by atoms with E-state index in [0.29, 0.717) is 28.7 Å². The van der Waals surface area contributed by atoms with Crippen LogP contribution in [0, 0.1) is 0 Å². The van der Waals surface area contributed by atoms with Crippen molar-refractivity contribution in [3.05, 3.63) is 59.1 Å². The Hall–Kier alpha value is -3.33. The zero-order valence-electron chi connectivity index (χ0n) is 16.3. The number of carbonyl (C=O) groups is 2. The van der Waals surface area contributed by atoms with Gasteiger partial charge in [0.2, 0.25) is 0 Å². The van der Waals surface area contributed by atoms with E-state index in [2.05, 4.69) is 15.5 Å². The van der Waals surface area contributed by atoms with Gasteiger partial charge in [-0.05, 0) is 31.2 Å². The van der Waals surface area contributed by atoms with E-state index in [0.717, 1.165) is 0 Å². The molecular weight excluding hydrogens is 396 g/mol. The Labute approximate surface area is 172 Å². The molecule has 0 aliphatic rings. The number of aromatic nitrogens is 4. The van der Waals surface area contributed by atoms with E-state index < -0.39 is 5.91 Å². The van der Waals surface area contributed by atoms with Gasteiger partial charge in [0.05, 0.1) is 11.9 Å². The lowest BCUT2D eigenvalue weighted by atomic mass is 10.3. The van der Waals surface area contributed by atoms with Gasteiger partial charge in [-0.3, -0.25) is 14.3 Å². The highest BCUT2D eigenvalue weighted by molar-refractivity contribution is 6.30. The van der Waals surface area contributed by atoms with Gasteiger partial charge >= 0.3 is 0 Å². The molecule has 0 fully saturated rings. The molecule has 0 atom stereocenters. The van der Waals surface area contributed by atoms with Crippen molar-refractivity contribution in [2.45, 2.75) is 20.2 Å². The summed E-state index contributed by atoms with van der Waals surface area (Å²) in [7, 11) is 3.28. The van der Waals surface area contributed by atoms with E-state index in [1.54, 1.807) is 50.6 Å². The molecule has 0 unspecified atom stereocenters. The number of amides is 2. The number of hydrogen-bond acceptors (Lipinski definition) is 5. The molecule has 1 N–H and O–H groups in total. The van der Waals surface area contributed by atoms with Crippen LogP contribution >= 0.6 is 11.6 Å². The first-order chi connectivity index (χ1) is 13.9. The van der Waals surface area contributed by atoms with Gasteiger partial charge in [0.15, 0.2) is 12.4 Å². The van der Waals surface area contributed by atoms with Gasteiger partial charge in [-0.25, -0.2) is 4.68 Å². The van der Waals surface area contributed by atoms with Crippen LogP contribution in [0.4, 0.5) is 5.69 Å². The highest BCUT2D eigenvalue weighted by Crippen LogP contribution is 2.19. The fourth-order valence-electron chi connectivity index (χ4n) is 2.59. The van der Waals surface area contributed by atoms with Gasteiger partial charge < -0.3 is 15.0 Å². The SMILES string of the molecule is CCn1ncc(NC(=O)c2ccn(COc3cccc(Cl)c3)n2)c1C(=O)N(C)C. The lowest BCUT2D eigenvalue weighted by molar-refractivity contribution is 0.0816. The van der Waals surface area contributed by atoms with Crippen LogP contribution in [0.3, 0.4) is 0 Å². The van der Waals surface area contributed by atoms with Gasteiger partial charge in [-0.1, -0.05) is 17.7 Å². The molecule has 9 nitrogen and oxygen atoms in total. The number of benzene rings is 1. The number of anilines is 1. The van der Waals surface area contributed by atoms with Gasteiger partial charge in [0, 0.05) is 31.9 Å². The fraction of sp³-hybridized carbons (Fsp3) is 0.263. The molecule has 3 aromatic rings. The van der Waals surface area contributed by atoms with E-state index in [9.17, 15) is 9.59 Å². The summed E-state index contributed by atoms with van der Waals surface area (Å²) in [6.07, 6.45) is 3.08. The minimum atomic E-state index is -0.449. The van der Waals surface area contributed by atoms with Crippen molar-refractivity contribution in [3.63, 3.8) is 0 Å². The fourth-order valence-corrected chi connectivity index (χ4v) is 2.77. The van der Waals surface area contributed by atoms with Gasteiger partial charge in [-0.15, -0.1) is 0 Å². The summed E-state index contributed by atoms with van der Waals surface area (Å²) >= 11 is 5.93. The molecule has 0 saturated carbocycles. The van der Waals surface area contributed by atoms with Crippen LogP contribution in [0.15, 0.2) is 42.7 Å². The molecule has 0 spiro atoms. The lowest BCUT2D eigenvalue weighted by Crippen LogP contribution is -2.26. The minimum Gasteiger partial charge on any atom is -0.471 e. The Bertz CT molecular complexity index is 1030. The number of nitrogens with one attached hydrogen (secondary N) is 1. The van der Waals surface area contributed by atoms with E-state index in [1.165, 1.54) is 20.5 Å². The molecule has 2 heterocycles. The predicted octanol–water partition coefficient (Wildman–Crippen LogP) is 2.74. The number of carbonyl (C=O) groups excluding carboxylic acids is 2. The molecule has 0 aliphatic carbocycles. The Morgan fingerprint density at radius 2 is 2.07 bits per heavy atom. The molecule has 0 bridgehead atoms. The third kappa shape index (κ3) is 4.75. The summed E-state index contributed by atoms with van der Waals surface area (Å²) in [5.74, 6) is -0.104. The Balaban J connectivity index is 1.69. The maximum atomic E-state index is 12.6. The molecule has 10 heteroatoms. The number of nitrogens with zero attached hydrogens (tertiary/aromatic N) is 5. The summed E-state index contributed by atoms with van der Waals surface area (Å²) in [5, 5.41) is 11.6. The first-order valence-electron chi connectivity index (χ1n) is 8.89. The Morgan fingerprint density at radius 1 is 1.28 bits per heavy atom. The zero-order chi connectivity index (χ0) is 21.0. The van der Waals surface area contributed by atoms with Crippen LogP contribution < -0.4 is 10.1 Å². The van der Waals surface area contributed by atoms with Crippen molar-refractivity contribution >= 4 is 29.1 Å². The quantitative estimate of drug-likeness (QED) is 0.639. The third-order valence-corrected chi connectivity index (χ3v) is 4.26. The van der Waals surface area contributed by atoms with E-state index in [4.69, 9.17) is 16.3 Å². The van der Waals surface area contributed by atoms with E-state index in [1.807, 2.05) is 6.92 Å². The number of hydrogen-bond donors (Lipinski definition) is 1. The van der Waals surface area contributed by atoms with Gasteiger partial charge in [0.1, 0.15) is 11.4 Å². The predicted molar refractivity (Wildman–Crippen MR) is 108 cm³/mol. The number of aryl methyl sites for hydroxylation is 1. The van der Waals surface area contributed by atoms with Crippen LogP contribution in [0.1, 0.15) is 27.9 Å². The maximum absolute atomic E-state index is 12.6. The summed E-state index contributed by atoms with van der Waals surface area (Å²) in [6, 6.07) is 8.56. The largest absolute Gasteiger partial charge is 0.471 e. The second-order valence-corrected chi connectivity index (χ2v) is 6.78. The molecular formula is C19H21ClN6O3. The zero-order valence-corrected chi connectivity index (χ0v) is 17.1. The van der Waals surface area contributed by atoms with Crippen molar-refractivity contribution < 1.29 is 14.3 Å². The second kappa shape index (κ2) is 8.78. The third-order valence-electron chi connectivity index (χ3n) is 4.03. The van der Waals surface area contributed by atoms with Crippen LogP contribution in [-0.2, 0) is 13.3 Å². The van der Waals surface area contributed by atoms with E-state index in [-0.39, 0.29) is 18.3 Å². The summed E-state index contributed by atoms with van der Waals surface area (Å²) in [5.41, 5.74) is 0.835. The number of ether oxygens (including phenoxy) is 1. The maximum Gasteiger partial charge on any atom is 0.276 e. The molecule has 29 heavy (non-hydrogen) atoms. The highest BCUT2D eigenvalue weighted by atomic mass is 35.5. The summed E-state index contributed by atoms with van der Waals surface area (Å²) in [6.45, 7) is 2.48. The summed E-state index contributed by atoms with van der Waals surface area (Å²) < 4.78 is 8.62. The Kier molecular flexibility index (Phi) is 6.18. The minimum absolute atomic E-state index is 0.117. The Morgan fingerprint density at radius 3 is 2.76 bits per heavy atom. The highest BCUT2D eigenvalue weighted by Gasteiger charge is 2.22. The monoisotopic (exact) mass is 416 g/mol. The molecule has 152 valence electrons. The molecule has 1 aromatic carbocycles. The van der Waals surface area contributed by atoms with E-state index >= 15 is 0 Å². The van der Waals surface area contributed by atoms with Crippen molar-refractivity contribution in [1.82, 2.24) is 24.5 Å². The van der Waals surface area contributed by atoms with Crippen molar-refractivity contribution in [3.8, 4) is 5.75 Å². The normalized spacial score (nSPS) is 10.6. The topological polar surface area (TPSA) is 94.3 Å². The van der Waals surface area contributed by atoms with Crippen LogP contribution in [-0.4, -0.2) is 50.4 Å². The van der Waals surface area contributed by atoms with Gasteiger partial charge in [-0.2, -0.15) is 10.2 Å². The average Bonchev–Trinajstić information content (AvgIpc) is 3.32. The second-order valence-electron chi connectivity index (χ2n) is 6.35.